The van der Waals surface area contributed by atoms with Crippen LogP contribution in [-0.4, -0.2) is 0 Å². The second-order valence-electron chi connectivity index (χ2n) is 8.42. The van der Waals surface area contributed by atoms with Crippen LogP contribution < -0.4 is 11.5 Å². The third-order valence-electron chi connectivity index (χ3n) is 5.77. The number of allylic oxidation sites excluding steroid dienone is 4. The van der Waals surface area contributed by atoms with Crippen LogP contribution in [0.2, 0.25) is 0 Å². The molecule has 2 heteroatoms. The number of nitrogens with two attached hydrogens (primary N) is 2. The molecule has 2 atom stereocenters. The van der Waals surface area contributed by atoms with Gasteiger partial charge in [0.05, 0.1) is 0 Å². The molecule has 0 saturated heterocycles. The first-order chi connectivity index (χ1) is 13.5. The van der Waals surface area contributed by atoms with Crippen LogP contribution >= 0.6 is 0 Å². The molecule has 2 aromatic carbocycles. The van der Waals surface area contributed by atoms with Crippen LogP contribution in [0.15, 0.2) is 60.7 Å². The maximum atomic E-state index is 5.66. The van der Waals surface area contributed by atoms with E-state index < -0.39 is 0 Å². The molecule has 0 bridgehead atoms. The molecule has 0 radical (unpaired) electrons. The van der Waals surface area contributed by atoms with E-state index in [1.807, 2.05) is 24.3 Å². The molecule has 0 aliphatic heterocycles. The molecular weight excluding hydrogens is 340 g/mol. The van der Waals surface area contributed by atoms with Crippen LogP contribution in [-0.2, 0) is 0 Å². The Kier molecular flexibility index (Phi) is 6.97. The smallest absolute Gasteiger partial charge is 0.0314 e. The zero-order valence-electron chi connectivity index (χ0n) is 17.3. The van der Waals surface area contributed by atoms with Gasteiger partial charge in [-0.3, -0.25) is 0 Å². The maximum Gasteiger partial charge on any atom is 0.0314 e. The van der Waals surface area contributed by atoms with E-state index in [2.05, 4.69) is 50.3 Å². The van der Waals surface area contributed by atoms with Crippen LogP contribution in [0.4, 0.5) is 11.4 Å². The van der Waals surface area contributed by atoms with Gasteiger partial charge in [-0.25, -0.2) is 0 Å². The van der Waals surface area contributed by atoms with Crippen LogP contribution in [0, 0.1) is 11.8 Å². The van der Waals surface area contributed by atoms with Crippen molar-refractivity contribution in [3.8, 4) is 0 Å². The summed E-state index contributed by atoms with van der Waals surface area (Å²) in [5.41, 5.74) is 18.7. The number of benzene rings is 2. The normalized spacial score (nSPS) is 21.8. The van der Waals surface area contributed by atoms with Crippen LogP contribution in [0.25, 0.3) is 11.1 Å². The summed E-state index contributed by atoms with van der Waals surface area (Å²) in [5.74, 6) is 1.56. The summed E-state index contributed by atoms with van der Waals surface area (Å²) in [6.07, 6.45) is 12.4. The lowest BCUT2D eigenvalue weighted by Crippen LogP contribution is -2.01. The largest absolute Gasteiger partial charge is 0.399 e. The van der Waals surface area contributed by atoms with E-state index in [1.54, 1.807) is 0 Å². The number of anilines is 2. The van der Waals surface area contributed by atoms with E-state index in [0.29, 0.717) is 0 Å². The lowest BCUT2D eigenvalue weighted by molar-refractivity contribution is 0.536. The van der Waals surface area contributed by atoms with Gasteiger partial charge in [0.2, 0.25) is 0 Å². The zero-order valence-corrected chi connectivity index (χ0v) is 17.3. The Morgan fingerprint density at radius 1 is 0.750 bits per heavy atom. The fraction of sp³-hybridized carbons (Fsp3) is 0.385. The van der Waals surface area contributed by atoms with E-state index in [4.69, 9.17) is 11.5 Å². The highest BCUT2D eigenvalue weighted by atomic mass is 14.5. The lowest BCUT2D eigenvalue weighted by atomic mass is 9.87. The van der Waals surface area contributed by atoms with Gasteiger partial charge in [-0.1, -0.05) is 50.3 Å². The SMILES string of the molecule is CC1C=C(c2ccc(N)cc2)CCC1.CC1CCC=C(c2ccc(N)cc2)C1. The third-order valence-corrected chi connectivity index (χ3v) is 5.77. The molecule has 28 heavy (non-hydrogen) atoms. The highest BCUT2D eigenvalue weighted by molar-refractivity contribution is 5.68. The molecule has 0 fully saturated rings. The van der Waals surface area contributed by atoms with Crippen LogP contribution in [0.1, 0.15) is 63.5 Å². The van der Waals surface area contributed by atoms with Gasteiger partial charge in [0.1, 0.15) is 0 Å². The minimum absolute atomic E-state index is 0.733. The third kappa shape index (κ3) is 5.76. The van der Waals surface area contributed by atoms with Gasteiger partial charge in [-0.15, -0.1) is 0 Å². The van der Waals surface area contributed by atoms with Gasteiger partial charge < -0.3 is 11.5 Å². The Morgan fingerprint density at radius 3 is 1.86 bits per heavy atom. The first-order valence-electron chi connectivity index (χ1n) is 10.6. The Labute approximate surface area is 170 Å². The Hall–Kier alpha value is -2.48. The molecule has 0 amide bonds. The van der Waals surface area contributed by atoms with E-state index in [-0.39, 0.29) is 0 Å². The average molecular weight is 375 g/mol. The molecule has 0 aromatic heterocycles. The van der Waals surface area contributed by atoms with Gasteiger partial charge in [0.25, 0.3) is 0 Å². The second kappa shape index (κ2) is 9.64. The first-order valence-corrected chi connectivity index (χ1v) is 10.6. The highest BCUT2D eigenvalue weighted by Gasteiger charge is 2.12. The van der Waals surface area contributed by atoms with Crippen molar-refractivity contribution in [3.63, 3.8) is 0 Å². The molecule has 2 aliphatic rings. The van der Waals surface area contributed by atoms with Gasteiger partial charge >= 0.3 is 0 Å². The Balaban J connectivity index is 0.000000161. The number of nitrogen functional groups attached to an aromatic ring is 2. The maximum absolute atomic E-state index is 5.66. The summed E-state index contributed by atoms with van der Waals surface area (Å²) < 4.78 is 0. The topological polar surface area (TPSA) is 52.0 Å². The van der Waals surface area contributed by atoms with Crippen LogP contribution in [0.3, 0.4) is 0 Å². The van der Waals surface area contributed by atoms with Crippen molar-refractivity contribution in [2.75, 3.05) is 11.5 Å². The van der Waals surface area contributed by atoms with E-state index in [9.17, 15) is 0 Å². The summed E-state index contributed by atoms with van der Waals surface area (Å²) in [5, 5.41) is 0. The number of hydrogen-bond acceptors (Lipinski definition) is 2. The summed E-state index contributed by atoms with van der Waals surface area (Å²) in [7, 11) is 0. The molecular formula is C26H34N2. The number of hydrogen-bond donors (Lipinski definition) is 2. The molecule has 4 N–H and O–H groups in total. The molecule has 2 aliphatic carbocycles. The molecule has 2 unspecified atom stereocenters. The van der Waals surface area contributed by atoms with Gasteiger partial charge in [0, 0.05) is 11.4 Å². The van der Waals surface area contributed by atoms with Gasteiger partial charge in [0.15, 0.2) is 0 Å². The van der Waals surface area contributed by atoms with Gasteiger partial charge in [-0.05, 0) is 96.9 Å². The monoisotopic (exact) mass is 374 g/mol. The second-order valence-corrected chi connectivity index (χ2v) is 8.42. The summed E-state index contributed by atoms with van der Waals surface area (Å²) in [6.45, 7) is 4.61. The minimum Gasteiger partial charge on any atom is -0.399 e. The Bertz CT molecular complexity index is 813. The standard InChI is InChI=1S/2C13H17N/c2*1-10-3-2-4-12(9-10)11-5-7-13(14)8-6-11/h5-10H,2-4,14H2,1H3;4-8,10H,2-3,9,14H2,1H3. The van der Waals surface area contributed by atoms with Crippen molar-refractivity contribution in [1.82, 2.24) is 0 Å². The van der Waals surface area contributed by atoms with Crippen molar-refractivity contribution in [3.05, 3.63) is 71.8 Å². The van der Waals surface area contributed by atoms with Gasteiger partial charge in [-0.2, -0.15) is 0 Å². The summed E-state index contributed by atoms with van der Waals surface area (Å²) in [4.78, 5) is 0. The molecule has 0 saturated carbocycles. The van der Waals surface area contributed by atoms with E-state index in [1.165, 1.54) is 60.8 Å². The minimum atomic E-state index is 0.733. The summed E-state index contributed by atoms with van der Waals surface area (Å²) in [6, 6.07) is 16.4. The quantitative estimate of drug-likeness (QED) is 0.559. The fourth-order valence-electron chi connectivity index (χ4n) is 4.10. The van der Waals surface area contributed by atoms with E-state index >= 15 is 0 Å². The molecule has 2 aromatic rings. The van der Waals surface area contributed by atoms with Crippen molar-refractivity contribution in [2.45, 2.75) is 52.4 Å². The predicted octanol–water partition coefficient (Wildman–Crippen LogP) is 6.94. The molecule has 0 heterocycles. The van der Waals surface area contributed by atoms with Crippen molar-refractivity contribution in [2.24, 2.45) is 11.8 Å². The predicted molar refractivity (Wildman–Crippen MR) is 124 cm³/mol. The summed E-state index contributed by atoms with van der Waals surface area (Å²) >= 11 is 0. The lowest BCUT2D eigenvalue weighted by Gasteiger charge is -2.19. The fourth-order valence-corrected chi connectivity index (χ4v) is 4.10. The Morgan fingerprint density at radius 2 is 1.32 bits per heavy atom. The highest BCUT2D eigenvalue weighted by Crippen LogP contribution is 2.31. The molecule has 148 valence electrons. The van der Waals surface area contributed by atoms with Crippen molar-refractivity contribution >= 4 is 22.5 Å². The molecule has 0 spiro atoms. The van der Waals surface area contributed by atoms with E-state index in [0.717, 1.165) is 23.2 Å². The number of rotatable bonds is 2. The van der Waals surface area contributed by atoms with Crippen LogP contribution in [0.5, 0.6) is 0 Å². The first kappa shape index (κ1) is 20.3. The average Bonchev–Trinajstić information content (AvgIpc) is 2.70. The zero-order chi connectivity index (χ0) is 19.9. The van der Waals surface area contributed by atoms with Crippen molar-refractivity contribution < 1.29 is 0 Å². The molecule has 4 rings (SSSR count). The molecule has 2 nitrogen and oxygen atoms in total. The van der Waals surface area contributed by atoms with Crippen molar-refractivity contribution in [1.29, 1.82) is 0 Å².